The van der Waals surface area contributed by atoms with Gasteiger partial charge < -0.3 is 0 Å². The highest BCUT2D eigenvalue weighted by Gasteiger charge is 2.25. The highest BCUT2D eigenvalue weighted by atomic mass is 32.2. The van der Waals surface area contributed by atoms with E-state index in [1.165, 1.54) is 33.4 Å². The molecule has 18 heavy (non-hydrogen) atoms. The Hall–Kier alpha value is -1.01. The smallest absolute Gasteiger partial charge is 0.233 e. The van der Waals surface area contributed by atoms with Gasteiger partial charge in [0.1, 0.15) is 0 Å². The van der Waals surface area contributed by atoms with E-state index in [0.717, 1.165) is 5.75 Å². The minimum absolute atomic E-state index is 0.467. The summed E-state index contributed by atoms with van der Waals surface area (Å²) >= 11 is 1.48. The van der Waals surface area contributed by atoms with Gasteiger partial charge in [-0.15, -0.1) is 0 Å². The number of rotatable bonds is 3. The van der Waals surface area contributed by atoms with E-state index in [2.05, 4.69) is 24.0 Å². The molecule has 0 saturated heterocycles. The largest absolute Gasteiger partial charge is 0.260 e. The van der Waals surface area contributed by atoms with Crippen molar-refractivity contribution in [3.63, 3.8) is 0 Å². The zero-order valence-electron chi connectivity index (χ0n) is 10.5. The maximum Gasteiger partial charge on any atom is 0.233 e. The second-order valence-electron chi connectivity index (χ2n) is 4.21. The molecule has 0 atom stereocenters. The summed E-state index contributed by atoms with van der Waals surface area (Å²) in [6.07, 6.45) is 1.22. The van der Waals surface area contributed by atoms with E-state index in [-0.39, 0.29) is 0 Å². The molecule has 1 aromatic carbocycles. The number of amidine groups is 1. The van der Waals surface area contributed by atoms with Gasteiger partial charge in [0, 0.05) is 5.75 Å². The van der Waals surface area contributed by atoms with E-state index in [1.807, 2.05) is 12.1 Å². The SMILES string of the molecule is Cc1ccccc1CSC1=NCCN1S(C)(=O)=O. The number of thioether (sulfide) groups is 1. The Morgan fingerprint density at radius 2 is 2.11 bits per heavy atom. The summed E-state index contributed by atoms with van der Waals surface area (Å²) in [7, 11) is -3.18. The van der Waals surface area contributed by atoms with E-state index in [9.17, 15) is 8.42 Å². The first-order valence-electron chi connectivity index (χ1n) is 5.68. The summed E-state index contributed by atoms with van der Waals surface area (Å²) in [6.45, 7) is 3.08. The highest BCUT2D eigenvalue weighted by molar-refractivity contribution is 8.14. The van der Waals surface area contributed by atoms with Gasteiger partial charge >= 0.3 is 0 Å². The molecule has 0 aliphatic carbocycles. The minimum Gasteiger partial charge on any atom is -0.260 e. The Kier molecular flexibility index (Phi) is 3.97. The Morgan fingerprint density at radius 3 is 2.78 bits per heavy atom. The zero-order valence-corrected chi connectivity index (χ0v) is 12.1. The van der Waals surface area contributed by atoms with Gasteiger partial charge in [0.15, 0.2) is 5.17 Å². The fraction of sp³-hybridized carbons (Fsp3) is 0.417. The molecule has 0 aromatic heterocycles. The third kappa shape index (κ3) is 3.05. The summed E-state index contributed by atoms with van der Waals surface area (Å²) in [5.74, 6) is 0.748. The van der Waals surface area contributed by atoms with Gasteiger partial charge in [-0.1, -0.05) is 36.0 Å². The van der Waals surface area contributed by atoms with Crippen molar-refractivity contribution < 1.29 is 8.42 Å². The monoisotopic (exact) mass is 284 g/mol. The Labute approximate surface area is 112 Å². The van der Waals surface area contributed by atoms with Crippen molar-refractivity contribution in [3.05, 3.63) is 35.4 Å². The van der Waals surface area contributed by atoms with Crippen molar-refractivity contribution in [1.82, 2.24) is 4.31 Å². The van der Waals surface area contributed by atoms with Gasteiger partial charge in [0.25, 0.3) is 0 Å². The second-order valence-corrected chi connectivity index (χ2v) is 7.06. The van der Waals surface area contributed by atoms with Crippen LogP contribution in [0.2, 0.25) is 0 Å². The first kappa shape index (κ1) is 13.4. The molecule has 0 bridgehead atoms. The third-order valence-electron chi connectivity index (χ3n) is 2.78. The molecule has 1 aromatic rings. The Balaban J connectivity index is 2.05. The number of hydrogen-bond donors (Lipinski definition) is 0. The lowest BCUT2D eigenvalue weighted by molar-refractivity contribution is 0.547. The van der Waals surface area contributed by atoms with Crippen LogP contribution in [0.1, 0.15) is 11.1 Å². The van der Waals surface area contributed by atoms with Crippen LogP contribution in [0.3, 0.4) is 0 Å². The molecule has 0 radical (unpaired) electrons. The average Bonchev–Trinajstić information content (AvgIpc) is 2.76. The maximum atomic E-state index is 11.6. The fourth-order valence-electron chi connectivity index (χ4n) is 1.75. The Morgan fingerprint density at radius 1 is 1.39 bits per heavy atom. The standard InChI is InChI=1S/C12H16N2O2S2/c1-10-5-3-4-6-11(10)9-17-12-13-7-8-14(12)18(2,15)16/h3-6H,7-9H2,1-2H3. The zero-order chi connectivity index (χ0) is 13.2. The molecule has 0 fully saturated rings. The number of aryl methyl sites for hydroxylation is 1. The predicted molar refractivity (Wildman–Crippen MR) is 76.3 cm³/mol. The van der Waals surface area contributed by atoms with Crippen LogP contribution in [0, 0.1) is 6.92 Å². The first-order valence-corrected chi connectivity index (χ1v) is 8.51. The molecule has 1 aliphatic heterocycles. The van der Waals surface area contributed by atoms with Crippen molar-refractivity contribution in [3.8, 4) is 0 Å². The van der Waals surface area contributed by atoms with Crippen LogP contribution < -0.4 is 0 Å². The van der Waals surface area contributed by atoms with Gasteiger partial charge in [-0.05, 0) is 18.1 Å². The number of sulfonamides is 1. The maximum absolute atomic E-state index is 11.6. The lowest BCUT2D eigenvalue weighted by Gasteiger charge is -2.17. The molecule has 1 heterocycles. The molecule has 0 saturated carbocycles. The Bertz CT molecular complexity index is 567. The van der Waals surface area contributed by atoms with Crippen molar-refractivity contribution in [2.24, 2.45) is 4.99 Å². The van der Waals surface area contributed by atoms with Gasteiger partial charge in [0.2, 0.25) is 10.0 Å². The molecule has 0 amide bonds. The van der Waals surface area contributed by atoms with Crippen LogP contribution in [0.4, 0.5) is 0 Å². The highest BCUT2D eigenvalue weighted by Crippen LogP contribution is 2.22. The molecule has 0 N–H and O–H groups in total. The van der Waals surface area contributed by atoms with Crippen LogP contribution in [0.25, 0.3) is 0 Å². The molecular formula is C12H16N2O2S2. The summed E-state index contributed by atoms with van der Waals surface area (Å²) in [5.41, 5.74) is 2.43. The van der Waals surface area contributed by atoms with Gasteiger partial charge in [0.05, 0.1) is 19.3 Å². The molecule has 4 nitrogen and oxygen atoms in total. The first-order chi connectivity index (χ1) is 8.48. The predicted octanol–water partition coefficient (Wildman–Crippen LogP) is 1.86. The molecule has 1 aliphatic rings. The molecular weight excluding hydrogens is 268 g/mol. The van der Waals surface area contributed by atoms with Gasteiger partial charge in [-0.25, -0.2) is 12.7 Å². The van der Waals surface area contributed by atoms with Crippen molar-refractivity contribution in [1.29, 1.82) is 0 Å². The van der Waals surface area contributed by atoms with E-state index >= 15 is 0 Å². The number of aliphatic imine (C=N–C) groups is 1. The van der Waals surface area contributed by atoms with Crippen LogP contribution in [-0.4, -0.2) is 37.2 Å². The summed E-state index contributed by atoms with van der Waals surface area (Å²) in [5, 5.41) is 0.612. The van der Waals surface area contributed by atoms with Crippen molar-refractivity contribution in [2.75, 3.05) is 19.3 Å². The summed E-state index contributed by atoms with van der Waals surface area (Å²) in [6, 6.07) is 8.11. The number of benzene rings is 1. The van der Waals surface area contributed by atoms with Gasteiger partial charge in [-0.2, -0.15) is 0 Å². The normalized spacial score (nSPS) is 15.9. The number of hydrogen-bond acceptors (Lipinski definition) is 4. The van der Waals surface area contributed by atoms with Gasteiger partial charge in [-0.3, -0.25) is 4.99 Å². The fourth-order valence-corrected chi connectivity index (χ4v) is 4.10. The van der Waals surface area contributed by atoms with Crippen LogP contribution in [0.15, 0.2) is 29.3 Å². The average molecular weight is 284 g/mol. The molecule has 0 unspecified atom stereocenters. The third-order valence-corrected chi connectivity index (χ3v) is 5.12. The minimum atomic E-state index is -3.18. The van der Waals surface area contributed by atoms with Crippen LogP contribution in [0.5, 0.6) is 0 Å². The summed E-state index contributed by atoms with van der Waals surface area (Å²) in [4.78, 5) is 4.25. The molecule has 0 spiro atoms. The summed E-state index contributed by atoms with van der Waals surface area (Å²) < 4.78 is 24.5. The molecule has 98 valence electrons. The topological polar surface area (TPSA) is 49.7 Å². The lowest BCUT2D eigenvalue weighted by atomic mass is 10.1. The van der Waals surface area contributed by atoms with E-state index in [0.29, 0.717) is 18.3 Å². The van der Waals surface area contributed by atoms with E-state index < -0.39 is 10.0 Å². The van der Waals surface area contributed by atoms with Crippen LogP contribution in [-0.2, 0) is 15.8 Å². The molecule has 2 rings (SSSR count). The number of nitrogens with zero attached hydrogens (tertiary/aromatic N) is 2. The van der Waals surface area contributed by atoms with Crippen molar-refractivity contribution in [2.45, 2.75) is 12.7 Å². The quantitative estimate of drug-likeness (QED) is 0.851. The van der Waals surface area contributed by atoms with Crippen molar-refractivity contribution >= 4 is 27.0 Å². The van der Waals surface area contributed by atoms with Crippen LogP contribution >= 0.6 is 11.8 Å². The molecule has 6 heteroatoms. The van der Waals surface area contributed by atoms with E-state index in [1.54, 1.807) is 0 Å². The van der Waals surface area contributed by atoms with E-state index in [4.69, 9.17) is 0 Å². The second kappa shape index (κ2) is 5.32. The lowest BCUT2D eigenvalue weighted by Crippen LogP contribution is -2.31.